The maximum absolute atomic E-state index is 11.6. The number of nitrogens with zero attached hydrogens (tertiary/aromatic N) is 1. The van der Waals surface area contributed by atoms with Crippen LogP contribution >= 0.6 is 0 Å². The number of esters is 1. The van der Waals surface area contributed by atoms with Gasteiger partial charge in [0.25, 0.3) is 0 Å². The first-order valence-corrected chi connectivity index (χ1v) is 5.14. The monoisotopic (exact) mass is 196 g/mol. The standard InChI is InChI=1S/C10H16N2O2/c1-2-14-10(13)8-5-3-7-4-6-9(8)12(7)11/h5,7,9H,2-4,6,11H2,1H3. The van der Waals surface area contributed by atoms with Crippen LogP contribution in [0.25, 0.3) is 0 Å². The van der Waals surface area contributed by atoms with Crippen LogP contribution in [0, 0.1) is 0 Å². The van der Waals surface area contributed by atoms with Crippen molar-refractivity contribution < 1.29 is 9.53 Å². The van der Waals surface area contributed by atoms with Crippen LogP contribution in [0.15, 0.2) is 11.6 Å². The van der Waals surface area contributed by atoms with E-state index in [1.54, 1.807) is 0 Å². The Morgan fingerprint density at radius 2 is 2.50 bits per heavy atom. The molecule has 0 aromatic heterocycles. The summed E-state index contributed by atoms with van der Waals surface area (Å²) in [4.78, 5) is 11.6. The number of carbonyl (C=O) groups excluding carboxylic acids is 1. The number of hydrogen-bond donors (Lipinski definition) is 1. The second-order valence-corrected chi connectivity index (χ2v) is 3.81. The highest BCUT2D eigenvalue weighted by Crippen LogP contribution is 2.33. The predicted octanol–water partition coefficient (Wildman–Crippen LogP) is 0.586. The molecule has 2 atom stereocenters. The first-order chi connectivity index (χ1) is 6.74. The molecule has 78 valence electrons. The minimum Gasteiger partial charge on any atom is -0.463 e. The number of carbonyl (C=O) groups is 1. The number of nitrogens with two attached hydrogens (primary N) is 1. The fraction of sp³-hybridized carbons (Fsp3) is 0.700. The molecule has 14 heavy (non-hydrogen) atoms. The zero-order valence-electron chi connectivity index (χ0n) is 8.40. The lowest BCUT2D eigenvalue weighted by Gasteiger charge is -2.29. The van der Waals surface area contributed by atoms with Gasteiger partial charge in [0.2, 0.25) is 0 Å². The molecular formula is C10H16N2O2. The SMILES string of the molecule is CCOC(=O)C1=CCC2CCC1N2N. The third-order valence-electron chi connectivity index (χ3n) is 3.03. The molecule has 1 fully saturated rings. The maximum atomic E-state index is 11.6. The molecule has 0 aromatic rings. The maximum Gasteiger partial charge on any atom is 0.335 e. The number of ether oxygens (including phenoxy) is 1. The van der Waals surface area contributed by atoms with Crippen molar-refractivity contribution in [2.45, 2.75) is 38.3 Å². The first kappa shape index (κ1) is 9.68. The Morgan fingerprint density at radius 3 is 3.21 bits per heavy atom. The predicted molar refractivity (Wildman–Crippen MR) is 52.2 cm³/mol. The van der Waals surface area contributed by atoms with Crippen molar-refractivity contribution in [3.8, 4) is 0 Å². The van der Waals surface area contributed by atoms with E-state index in [9.17, 15) is 4.79 Å². The summed E-state index contributed by atoms with van der Waals surface area (Å²) in [6.07, 6.45) is 4.93. The molecule has 1 saturated heterocycles. The minimum atomic E-state index is -0.201. The summed E-state index contributed by atoms with van der Waals surface area (Å²) >= 11 is 0. The van der Waals surface area contributed by atoms with E-state index in [0.717, 1.165) is 24.8 Å². The number of hydrazine groups is 1. The molecule has 2 unspecified atom stereocenters. The normalized spacial score (nSPS) is 31.4. The molecule has 0 amide bonds. The molecule has 0 spiro atoms. The molecule has 2 rings (SSSR count). The van der Waals surface area contributed by atoms with Gasteiger partial charge in [-0.05, 0) is 26.2 Å². The summed E-state index contributed by atoms with van der Waals surface area (Å²) in [5.41, 5.74) is 0.753. The highest BCUT2D eigenvalue weighted by Gasteiger charge is 2.39. The Labute approximate surface area is 83.7 Å². The molecule has 0 saturated carbocycles. The van der Waals surface area contributed by atoms with Crippen molar-refractivity contribution in [3.05, 3.63) is 11.6 Å². The molecular weight excluding hydrogens is 180 g/mol. The molecule has 0 radical (unpaired) electrons. The zero-order chi connectivity index (χ0) is 10.1. The largest absolute Gasteiger partial charge is 0.463 e. The molecule has 2 heterocycles. The van der Waals surface area contributed by atoms with E-state index < -0.39 is 0 Å². The van der Waals surface area contributed by atoms with Crippen LogP contribution in [0.2, 0.25) is 0 Å². The average Bonchev–Trinajstić information content (AvgIpc) is 2.42. The van der Waals surface area contributed by atoms with Gasteiger partial charge in [-0.3, -0.25) is 5.84 Å². The molecule has 2 aliphatic rings. The third kappa shape index (κ3) is 1.44. The molecule has 2 N–H and O–H groups in total. The van der Waals surface area contributed by atoms with Gasteiger partial charge in [0, 0.05) is 6.04 Å². The topological polar surface area (TPSA) is 55.6 Å². The smallest absolute Gasteiger partial charge is 0.335 e. The highest BCUT2D eigenvalue weighted by molar-refractivity contribution is 5.90. The van der Waals surface area contributed by atoms with Crippen LogP contribution in [-0.4, -0.2) is 29.7 Å². The van der Waals surface area contributed by atoms with Gasteiger partial charge in [-0.15, -0.1) is 0 Å². The summed E-state index contributed by atoms with van der Waals surface area (Å²) in [5, 5.41) is 1.81. The van der Waals surface area contributed by atoms with Gasteiger partial charge in [0.05, 0.1) is 18.2 Å². The van der Waals surface area contributed by atoms with Crippen LogP contribution in [-0.2, 0) is 9.53 Å². The molecule has 2 bridgehead atoms. The van der Waals surface area contributed by atoms with Gasteiger partial charge in [0.15, 0.2) is 0 Å². The molecule has 2 aliphatic heterocycles. The van der Waals surface area contributed by atoms with E-state index in [-0.39, 0.29) is 12.0 Å². The summed E-state index contributed by atoms with van der Waals surface area (Å²) in [5.74, 6) is 5.69. The Bertz CT molecular complexity index is 275. The van der Waals surface area contributed by atoms with Gasteiger partial charge in [-0.1, -0.05) is 6.08 Å². The van der Waals surface area contributed by atoms with Crippen molar-refractivity contribution in [2.24, 2.45) is 5.84 Å². The first-order valence-electron chi connectivity index (χ1n) is 5.14. The Morgan fingerprint density at radius 1 is 1.71 bits per heavy atom. The van der Waals surface area contributed by atoms with Crippen molar-refractivity contribution in [2.75, 3.05) is 6.61 Å². The van der Waals surface area contributed by atoms with E-state index in [4.69, 9.17) is 10.6 Å². The fourth-order valence-electron chi connectivity index (χ4n) is 2.29. The lowest BCUT2D eigenvalue weighted by Crippen LogP contribution is -2.46. The number of rotatable bonds is 2. The lowest BCUT2D eigenvalue weighted by molar-refractivity contribution is -0.139. The van der Waals surface area contributed by atoms with Gasteiger partial charge in [-0.25, -0.2) is 9.80 Å². The van der Waals surface area contributed by atoms with Crippen LogP contribution in [0.4, 0.5) is 0 Å². The van der Waals surface area contributed by atoms with Crippen molar-refractivity contribution in [3.63, 3.8) is 0 Å². The second-order valence-electron chi connectivity index (χ2n) is 3.81. The van der Waals surface area contributed by atoms with Crippen LogP contribution in [0.3, 0.4) is 0 Å². The van der Waals surface area contributed by atoms with Gasteiger partial charge in [-0.2, -0.15) is 0 Å². The third-order valence-corrected chi connectivity index (χ3v) is 3.03. The summed E-state index contributed by atoms with van der Waals surface area (Å²) in [7, 11) is 0. The van der Waals surface area contributed by atoms with E-state index >= 15 is 0 Å². The molecule has 4 heteroatoms. The van der Waals surface area contributed by atoms with Crippen LogP contribution in [0.5, 0.6) is 0 Å². The van der Waals surface area contributed by atoms with Crippen LogP contribution < -0.4 is 5.84 Å². The van der Waals surface area contributed by atoms with E-state index in [1.165, 1.54) is 0 Å². The van der Waals surface area contributed by atoms with E-state index in [1.807, 2.05) is 18.0 Å². The van der Waals surface area contributed by atoms with Crippen LogP contribution in [0.1, 0.15) is 26.2 Å². The summed E-state index contributed by atoms with van der Waals surface area (Å²) < 4.78 is 4.99. The lowest BCUT2D eigenvalue weighted by atomic mass is 10.0. The minimum absolute atomic E-state index is 0.0906. The summed E-state index contributed by atoms with van der Waals surface area (Å²) in [6, 6.07) is 0.519. The summed E-state index contributed by atoms with van der Waals surface area (Å²) in [6.45, 7) is 2.25. The van der Waals surface area contributed by atoms with Gasteiger partial charge in [0.1, 0.15) is 0 Å². The van der Waals surface area contributed by atoms with Gasteiger partial charge >= 0.3 is 5.97 Å². The number of hydrogen-bond acceptors (Lipinski definition) is 4. The average molecular weight is 196 g/mol. The Hall–Kier alpha value is -0.870. The zero-order valence-corrected chi connectivity index (χ0v) is 8.40. The number of fused-ring (bicyclic) bond motifs is 2. The quantitative estimate of drug-likeness (QED) is 0.518. The van der Waals surface area contributed by atoms with Crippen molar-refractivity contribution in [1.82, 2.24) is 5.01 Å². The highest BCUT2D eigenvalue weighted by atomic mass is 16.5. The fourth-order valence-corrected chi connectivity index (χ4v) is 2.29. The Kier molecular flexibility index (Phi) is 2.56. The Balaban J connectivity index is 2.13. The molecule has 0 aliphatic carbocycles. The van der Waals surface area contributed by atoms with E-state index in [0.29, 0.717) is 12.6 Å². The van der Waals surface area contributed by atoms with Crippen molar-refractivity contribution >= 4 is 5.97 Å². The molecule has 4 nitrogen and oxygen atoms in total. The van der Waals surface area contributed by atoms with E-state index in [2.05, 4.69) is 0 Å². The second kappa shape index (κ2) is 3.71. The molecule has 0 aromatic carbocycles. The van der Waals surface area contributed by atoms with Gasteiger partial charge < -0.3 is 4.74 Å². The van der Waals surface area contributed by atoms with Crippen molar-refractivity contribution in [1.29, 1.82) is 0 Å².